The van der Waals surface area contributed by atoms with Gasteiger partial charge in [0.2, 0.25) is 0 Å². The first-order chi connectivity index (χ1) is 5.59. The number of rotatable bonds is 3. The summed E-state index contributed by atoms with van der Waals surface area (Å²) in [6.07, 6.45) is 1.35. The zero-order valence-electron chi connectivity index (χ0n) is 8.59. The van der Waals surface area contributed by atoms with Crippen LogP contribution in [0.4, 0.5) is 0 Å². The van der Waals surface area contributed by atoms with Gasteiger partial charge < -0.3 is 10.6 Å². The van der Waals surface area contributed by atoms with Crippen LogP contribution in [-0.2, 0) is 0 Å². The average molecular weight is 170 g/mol. The molecule has 2 heteroatoms. The molecule has 0 bridgehead atoms. The molecule has 0 aromatic heterocycles. The number of likely N-dealkylation sites (tertiary alicyclic amines) is 1. The van der Waals surface area contributed by atoms with Crippen LogP contribution in [0.25, 0.3) is 0 Å². The van der Waals surface area contributed by atoms with Gasteiger partial charge in [-0.25, -0.2) is 0 Å². The van der Waals surface area contributed by atoms with Crippen molar-refractivity contribution in [1.82, 2.24) is 4.90 Å². The molecular weight excluding hydrogens is 148 g/mol. The van der Waals surface area contributed by atoms with Crippen LogP contribution in [-0.4, -0.2) is 30.6 Å². The van der Waals surface area contributed by atoms with Crippen LogP contribution in [0.5, 0.6) is 0 Å². The van der Waals surface area contributed by atoms with Gasteiger partial charge in [0.05, 0.1) is 0 Å². The van der Waals surface area contributed by atoms with E-state index in [1.54, 1.807) is 0 Å². The quantitative estimate of drug-likeness (QED) is 0.692. The fourth-order valence-corrected chi connectivity index (χ4v) is 1.70. The standard InChI is InChI=1S/C10H22N2/c1-8(2)10(11)7-12-5-4-9(3)6-12/h8-10H,4-7,11H2,1-3H3. The minimum absolute atomic E-state index is 0.357. The smallest absolute Gasteiger partial charge is 0.0191 e. The summed E-state index contributed by atoms with van der Waals surface area (Å²) in [7, 11) is 0. The Morgan fingerprint density at radius 1 is 1.50 bits per heavy atom. The molecule has 2 atom stereocenters. The van der Waals surface area contributed by atoms with Crippen LogP contribution in [0.15, 0.2) is 0 Å². The Balaban J connectivity index is 2.23. The van der Waals surface area contributed by atoms with Crippen molar-refractivity contribution in [3.05, 3.63) is 0 Å². The van der Waals surface area contributed by atoms with E-state index in [9.17, 15) is 0 Å². The Labute approximate surface area is 76.1 Å². The fourth-order valence-electron chi connectivity index (χ4n) is 1.70. The van der Waals surface area contributed by atoms with Gasteiger partial charge in [-0.15, -0.1) is 0 Å². The van der Waals surface area contributed by atoms with Crippen LogP contribution < -0.4 is 5.73 Å². The minimum atomic E-state index is 0.357. The maximum absolute atomic E-state index is 6.00. The molecule has 0 saturated carbocycles. The van der Waals surface area contributed by atoms with Crippen molar-refractivity contribution in [2.24, 2.45) is 17.6 Å². The summed E-state index contributed by atoms with van der Waals surface area (Å²) in [6, 6.07) is 0.357. The minimum Gasteiger partial charge on any atom is -0.326 e. The molecule has 2 nitrogen and oxygen atoms in total. The zero-order chi connectivity index (χ0) is 9.14. The number of hydrogen-bond donors (Lipinski definition) is 1. The first kappa shape index (κ1) is 10.0. The second-order valence-electron chi connectivity index (χ2n) is 4.56. The molecule has 1 fully saturated rings. The van der Waals surface area contributed by atoms with Crippen molar-refractivity contribution < 1.29 is 0 Å². The maximum atomic E-state index is 6.00. The molecule has 12 heavy (non-hydrogen) atoms. The van der Waals surface area contributed by atoms with E-state index in [0.29, 0.717) is 12.0 Å². The summed E-state index contributed by atoms with van der Waals surface area (Å²) in [6.45, 7) is 10.3. The van der Waals surface area contributed by atoms with Crippen molar-refractivity contribution in [2.45, 2.75) is 33.2 Å². The molecule has 1 saturated heterocycles. The lowest BCUT2D eigenvalue weighted by Crippen LogP contribution is -2.39. The Kier molecular flexibility index (Phi) is 3.53. The topological polar surface area (TPSA) is 29.3 Å². The lowest BCUT2D eigenvalue weighted by Gasteiger charge is -2.22. The summed E-state index contributed by atoms with van der Waals surface area (Å²) < 4.78 is 0. The monoisotopic (exact) mass is 170 g/mol. The predicted molar refractivity (Wildman–Crippen MR) is 53.0 cm³/mol. The molecule has 1 heterocycles. The van der Waals surface area contributed by atoms with Crippen LogP contribution in [0.3, 0.4) is 0 Å². The van der Waals surface area contributed by atoms with E-state index in [4.69, 9.17) is 5.73 Å². The van der Waals surface area contributed by atoms with Crippen molar-refractivity contribution in [3.63, 3.8) is 0 Å². The number of nitrogens with two attached hydrogens (primary N) is 1. The van der Waals surface area contributed by atoms with Crippen molar-refractivity contribution in [3.8, 4) is 0 Å². The van der Waals surface area contributed by atoms with Gasteiger partial charge in [0.15, 0.2) is 0 Å². The lowest BCUT2D eigenvalue weighted by atomic mass is 10.1. The third kappa shape index (κ3) is 2.76. The second kappa shape index (κ2) is 4.24. The highest BCUT2D eigenvalue weighted by Crippen LogP contribution is 2.15. The van der Waals surface area contributed by atoms with Gasteiger partial charge in [-0.05, 0) is 24.8 Å². The highest BCUT2D eigenvalue weighted by molar-refractivity contribution is 4.77. The Morgan fingerprint density at radius 2 is 2.17 bits per heavy atom. The molecule has 0 radical (unpaired) electrons. The molecule has 0 spiro atoms. The molecule has 72 valence electrons. The van der Waals surface area contributed by atoms with E-state index < -0.39 is 0 Å². The summed E-state index contributed by atoms with van der Waals surface area (Å²) in [5.41, 5.74) is 6.00. The molecule has 0 aliphatic carbocycles. The summed E-state index contributed by atoms with van der Waals surface area (Å²) in [4.78, 5) is 2.50. The second-order valence-corrected chi connectivity index (χ2v) is 4.56. The highest BCUT2D eigenvalue weighted by atomic mass is 15.2. The lowest BCUT2D eigenvalue weighted by molar-refractivity contribution is 0.278. The first-order valence-electron chi connectivity index (χ1n) is 5.07. The molecule has 1 aliphatic rings. The third-order valence-corrected chi connectivity index (χ3v) is 2.83. The van der Waals surface area contributed by atoms with Gasteiger partial charge in [-0.1, -0.05) is 20.8 Å². The molecule has 2 N–H and O–H groups in total. The van der Waals surface area contributed by atoms with Crippen molar-refractivity contribution in [2.75, 3.05) is 19.6 Å². The molecule has 0 amide bonds. The van der Waals surface area contributed by atoms with Crippen molar-refractivity contribution >= 4 is 0 Å². The van der Waals surface area contributed by atoms with Gasteiger partial charge in [-0.3, -0.25) is 0 Å². The van der Waals surface area contributed by atoms with E-state index in [1.165, 1.54) is 19.5 Å². The largest absolute Gasteiger partial charge is 0.326 e. The Hall–Kier alpha value is -0.0800. The van der Waals surface area contributed by atoms with Crippen LogP contribution in [0.2, 0.25) is 0 Å². The van der Waals surface area contributed by atoms with E-state index in [1.807, 2.05) is 0 Å². The Bertz CT molecular complexity index is 134. The normalized spacial score (nSPS) is 28.2. The maximum Gasteiger partial charge on any atom is 0.0191 e. The van der Waals surface area contributed by atoms with Gasteiger partial charge in [0.1, 0.15) is 0 Å². The van der Waals surface area contributed by atoms with Gasteiger partial charge in [0, 0.05) is 19.1 Å². The third-order valence-electron chi connectivity index (χ3n) is 2.83. The fraction of sp³-hybridized carbons (Fsp3) is 1.00. The SMILES string of the molecule is CC1CCN(CC(N)C(C)C)C1. The van der Waals surface area contributed by atoms with E-state index in [2.05, 4.69) is 25.7 Å². The van der Waals surface area contributed by atoms with Crippen LogP contribution >= 0.6 is 0 Å². The van der Waals surface area contributed by atoms with Crippen molar-refractivity contribution in [1.29, 1.82) is 0 Å². The Morgan fingerprint density at radius 3 is 2.58 bits per heavy atom. The van der Waals surface area contributed by atoms with E-state index >= 15 is 0 Å². The average Bonchev–Trinajstić information content (AvgIpc) is 2.35. The summed E-state index contributed by atoms with van der Waals surface area (Å²) >= 11 is 0. The molecule has 0 aromatic carbocycles. The summed E-state index contributed by atoms with van der Waals surface area (Å²) in [5.74, 6) is 1.49. The predicted octanol–water partition coefficient (Wildman–Crippen LogP) is 1.31. The molecule has 0 aromatic rings. The van der Waals surface area contributed by atoms with E-state index in [0.717, 1.165) is 12.5 Å². The molecular formula is C10H22N2. The van der Waals surface area contributed by atoms with Crippen LogP contribution in [0.1, 0.15) is 27.2 Å². The number of nitrogens with zero attached hydrogens (tertiary/aromatic N) is 1. The molecule has 1 aliphatic heterocycles. The first-order valence-corrected chi connectivity index (χ1v) is 5.07. The van der Waals surface area contributed by atoms with Gasteiger partial charge in [-0.2, -0.15) is 0 Å². The summed E-state index contributed by atoms with van der Waals surface area (Å²) in [5, 5.41) is 0. The molecule has 1 rings (SSSR count). The van der Waals surface area contributed by atoms with Gasteiger partial charge >= 0.3 is 0 Å². The number of hydrogen-bond acceptors (Lipinski definition) is 2. The highest BCUT2D eigenvalue weighted by Gasteiger charge is 2.21. The van der Waals surface area contributed by atoms with E-state index in [-0.39, 0.29) is 0 Å². The molecule has 2 unspecified atom stereocenters. The zero-order valence-corrected chi connectivity index (χ0v) is 8.59. The van der Waals surface area contributed by atoms with Gasteiger partial charge in [0.25, 0.3) is 0 Å². The van der Waals surface area contributed by atoms with Crippen LogP contribution in [0, 0.1) is 11.8 Å².